The molecule has 6 heteroatoms. The van der Waals surface area contributed by atoms with E-state index in [4.69, 9.17) is 5.11 Å². The summed E-state index contributed by atoms with van der Waals surface area (Å²) in [6, 6.07) is 1.38. The molecule has 0 aliphatic rings. The van der Waals surface area contributed by atoms with Crippen molar-refractivity contribution >= 4 is 18.4 Å². The van der Waals surface area contributed by atoms with Crippen molar-refractivity contribution in [2.45, 2.75) is 0 Å². The quantitative estimate of drug-likeness (QED) is 0.751. The highest BCUT2D eigenvalue weighted by Crippen LogP contribution is 2.27. The fraction of sp³-hybridized carbons (Fsp3) is 0.143. The summed E-state index contributed by atoms with van der Waals surface area (Å²) in [5.74, 6) is -1.64. The second-order valence-electron chi connectivity index (χ2n) is 2.02. The summed E-state index contributed by atoms with van der Waals surface area (Å²) < 4.78 is 4.68. The van der Waals surface area contributed by atoms with Crippen molar-refractivity contribution in [3.8, 4) is 11.5 Å². The van der Waals surface area contributed by atoms with Gasteiger partial charge in [-0.05, 0) is 0 Å². The van der Waals surface area contributed by atoms with Gasteiger partial charge in [0.15, 0.2) is 17.2 Å². The minimum Gasteiger partial charge on any atom is -0.503 e. The summed E-state index contributed by atoms with van der Waals surface area (Å²) in [6.07, 6.45) is 1.25. The lowest BCUT2D eigenvalue weighted by Gasteiger charge is -2.03. The number of carboxylic acid groups (broad SMARTS) is 1. The molecule has 2 N–H and O–H groups in total. The van der Waals surface area contributed by atoms with Crippen LogP contribution in [0.5, 0.6) is 11.5 Å². The summed E-state index contributed by atoms with van der Waals surface area (Å²) in [5.41, 5.74) is -0.408. The fourth-order valence-electron chi connectivity index (χ4n) is 0.757. The molecule has 5 nitrogen and oxygen atoms in total. The number of nitrogens with zero attached hydrogens (tertiary/aromatic N) is 1. The lowest BCUT2D eigenvalue weighted by atomic mass is 10.3. The number of halogens is 1. The van der Waals surface area contributed by atoms with Crippen molar-refractivity contribution in [2.24, 2.45) is 0 Å². The fourth-order valence-corrected chi connectivity index (χ4v) is 0.757. The van der Waals surface area contributed by atoms with Crippen LogP contribution >= 0.6 is 12.4 Å². The molecule has 13 heavy (non-hydrogen) atoms. The molecule has 1 aromatic rings. The van der Waals surface area contributed by atoms with Crippen LogP contribution in [0.2, 0.25) is 0 Å². The molecule has 0 aliphatic carbocycles. The van der Waals surface area contributed by atoms with Crippen LogP contribution in [0.1, 0.15) is 10.5 Å². The van der Waals surface area contributed by atoms with Crippen LogP contribution in [0.3, 0.4) is 0 Å². The first-order valence-electron chi connectivity index (χ1n) is 3.12. The lowest BCUT2D eigenvalue weighted by Crippen LogP contribution is -2.01. The standard InChI is InChI=1S/C7H7NO4.ClH/c1-12-4-2-3-8-5(6(4)9)7(10)11;/h2-3,9H,1H3,(H,10,11);1H. The Morgan fingerprint density at radius 3 is 2.69 bits per heavy atom. The Balaban J connectivity index is 0.00000144. The van der Waals surface area contributed by atoms with Crippen molar-refractivity contribution in [3.05, 3.63) is 18.0 Å². The number of aromatic nitrogens is 1. The van der Waals surface area contributed by atoms with E-state index < -0.39 is 17.4 Å². The highest BCUT2D eigenvalue weighted by Gasteiger charge is 2.14. The zero-order chi connectivity index (χ0) is 9.14. The summed E-state index contributed by atoms with van der Waals surface area (Å²) in [4.78, 5) is 13.9. The van der Waals surface area contributed by atoms with Crippen molar-refractivity contribution in [1.29, 1.82) is 0 Å². The number of hydrogen-bond acceptors (Lipinski definition) is 4. The van der Waals surface area contributed by atoms with E-state index >= 15 is 0 Å². The molecule has 1 rings (SSSR count). The van der Waals surface area contributed by atoms with Gasteiger partial charge in [0.25, 0.3) is 0 Å². The lowest BCUT2D eigenvalue weighted by molar-refractivity contribution is 0.0686. The minimum absolute atomic E-state index is 0. The maximum absolute atomic E-state index is 10.4. The second kappa shape index (κ2) is 4.51. The van der Waals surface area contributed by atoms with E-state index in [1.54, 1.807) is 0 Å². The van der Waals surface area contributed by atoms with E-state index in [9.17, 15) is 9.90 Å². The predicted octanol–water partition coefficient (Wildman–Crippen LogP) is 0.916. The van der Waals surface area contributed by atoms with Gasteiger partial charge in [-0.1, -0.05) is 0 Å². The first kappa shape index (κ1) is 11.5. The van der Waals surface area contributed by atoms with Crippen molar-refractivity contribution < 1.29 is 19.7 Å². The smallest absolute Gasteiger partial charge is 0.358 e. The number of hydrogen-bond donors (Lipinski definition) is 2. The number of aromatic carboxylic acids is 1. The van der Waals surface area contributed by atoms with Crippen molar-refractivity contribution in [3.63, 3.8) is 0 Å². The van der Waals surface area contributed by atoms with E-state index in [2.05, 4.69) is 9.72 Å². The van der Waals surface area contributed by atoms with Gasteiger partial charge in [-0.2, -0.15) is 0 Å². The van der Waals surface area contributed by atoms with Gasteiger partial charge in [0.1, 0.15) is 0 Å². The van der Waals surface area contributed by atoms with Crippen molar-refractivity contribution in [1.82, 2.24) is 4.98 Å². The van der Waals surface area contributed by atoms with Crippen LogP contribution in [-0.4, -0.2) is 28.3 Å². The van der Waals surface area contributed by atoms with Crippen LogP contribution < -0.4 is 4.74 Å². The molecular weight excluding hydrogens is 198 g/mol. The van der Waals surface area contributed by atoms with E-state index in [-0.39, 0.29) is 18.2 Å². The first-order chi connectivity index (χ1) is 5.66. The van der Waals surface area contributed by atoms with Crippen LogP contribution in [0.15, 0.2) is 12.3 Å². The average molecular weight is 206 g/mol. The molecule has 0 saturated heterocycles. The highest BCUT2D eigenvalue weighted by atomic mass is 35.5. The zero-order valence-electron chi connectivity index (χ0n) is 6.72. The Hall–Kier alpha value is -1.49. The molecule has 1 aromatic heterocycles. The largest absolute Gasteiger partial charge is 0.503 e. The Morgan fingerprint density at radius 1 is 1.62 bits per heavy atom. The molecule has 0 aromatic carbocycles. The molecule has 1 heterocycles. The maximum Gasteiger partial charge on any atom is 0.358 e. The van der Waals surface area contributed by atoms with E-state index in [1.807, 2.05) is 0 Å². The average Bonchev–Trinajstić information content (AvgIpc) is 2.04. The molecule has 0 unspecified atom stereocenters. The molecular formula is C7H8ClNO4. The van der Waals surface area contributed by atoms with Crippen LogP contribution in [0.4, 0.5) is 0 Å². The van der Waals surface area contributed by atoms with Gasteiger partial charge in [-0.25, -0.2) is 9.78 Å². The summed E-state index contributed by atoms with van der Waals surface area (Å²) in [5, 5.41) is 17.7. The Labute approximate surface area is 80.4 Å². The number of methoxy groups -OCH3 is 1. The van der Waals surface area contributed by atoms with Gasteiger partial charge in [0, 0.05) is 12.3 Å². The number of aromatic hydroxyl groups is 1. The molecule has 0 aliphatic heterocycles. The molecule has 72 valence electrons. The third kappa shape index (κ3) is 2.22. The monoisotopic (exact) mass is 205 g/mol. The van der Waals surface area contributed by atoms with Crippen LogP contribution in [0, 0.1) is 0 Å². The second-order valence-corrected chi connectivity index (χ2v) is 2.02. The van der Waals surface area contributed by atoms with Gasteiger partial charge in [-0.15, -0.1) is 12.4 Å². The Kier molecular flexibility index (Phi) is 4.00. The maximum atomic E-state index is 10.4. The zero-order valence-corrected chi connectivity index (χ0v) is 7.54. The highest BCUT2D eigenvalue weighted by molar-refractivity contribution is 5.89. The minimum atomic E-state index is -1.29. The molecule has 0 amide bonds. The molecule has 0 saturated carbocycles. The van der Waals surface area contributed by atoms with Crippen LogP contribution in [0.25, 0.3) is 0 Å². The number of carboxylic acids is 1. The Bertz CT molecular complexity index is 315. The Morgan fingerprint density at radius 2 is 2.23 bits per heavy atom. The predicted molar refractivity (Wildman–Crippen MR) is 46.7 cm³/mol. The normalized spacial score (nSPS) is 8.69. The van der Waals surface area contributed by atoms with Gasteiger partial charge < -0.3 is 14.9 Å². The SMILES string of the molecule is COc1ccnc(C(=O)O)c1O.Cl. The van der Waals surface area contributed by atoms with Crippen molar-refractivity contribution in [2.75, 3.05) is 7.11 Å². The summed E-state index contributed by atoms with van der Waals surface area (Å²) in [6.45, 7) is 0. The van der Waals surface area contributed by atoms with Gasteiger partial charge >= 0.3 is 5.97 Å². The molecule has 0 spiro atoms. The van der Waals surface area contributed by atoms with E-state index in [0.29, 0.717) is 0 Å². The summed E-state index contributed by atoms with van der Waals surface area (Å²) >= 11 is 0. The molecule has 0 radical (unpaired) electrons. The molecule has 0 atom stereocenters. The molecule has 0 bridgehead atoms. The number of ether oxygens (including phenoxy) is 1. The van der Waals surface area contributed by atoms with E-state index in [1.165, 1.54) is 19.4 Å². The van der Waals surface area contributed by atoms with Crippen LogP contribution in [-0.2, 0) is 0 Å². The topological polar surface area (TPSA) is 79.7 Å². The van der Waals surface area contributed by atoms with E-state index in [0.717, 1.165) is 0 Å². The van der Waals surface area contributed by atoms with Gasteiger partial charge in [-0.3, -0.25) is 0 Å². The van der Waals surface area contributed by atoms with Gasteiger partial charge in [0.05, 0.1) is 7.11 Å². The third-order valence-electron chi connectivity index (χ3n) is 1.31. The third-order valence-corrected chi connectivity index (χ3v) is 1.31. The number of rotatable bonds is 2. The first-order valence-corrected chi connectivity index (χ1v) is 3.12. The number of pyridine rings is 1. The number of carbonyl (C=O) groups is 1. The van der Waals surface area contributed by atoms with Gasteiger partial charge in [0.2, 0.25) is 0 Å². The molecule has 0 fully saturated rings. The summed E-state index contributed by atoms with van der Waals surface area (Å²) in [7, 11) is 1.33.